The number of hydrogen-bond donors (Lipinski definition) is 1. The van der Waals surface area contributed by atoms with Crippen LogP contribution in [0.4, 0.5) is 24.8 Å². The molecule has 0 radical (unpaired) electrons. The van der Waals surface area contributed by atoms with Crippen LogP contribution >= 0.6 is 0 Å². The summed E-state index contributed by atoms with van der Waals surface area (Å²) in [5.74, 6) is 0.0114. The summed E-state index contributed by atoms with van der Waals surface area (Å²) in [6, 6.07) is 14.2. The molecule has 11 heteroatoms. The minimum atomic E-state index is -4.56. The maximum Gasteiger partial charge on any atom is 0.416 e. The average molecular weight is 560 g/mol. The molecule has 5 aromatic rings. The number of pyridine rings is 1. The molecular weight excluding hydrogens is 533 g/mol. The van der Waals surface area contributed by atoms with Crippen LogP contribution in [0.15, 0.2) is 85.7 Å². The van der Waals surface area contributed by atoms with Gasteiger partial charge in [-0.15, -0.1) is 0 Å². The predicted molar refractivity (Wildman–Crippen MR) is 147 cm³/mol. The predicted octanol–water partition coefficient (Wildman–Crippen LogP) is 5.51. The Morgan fingerprint density at radius 1 is 1.00 bits per heavy atom. The van der Waals surface area contributed by atoms with Crippen LogP contribution in [-0.2, 0) is 12.6 Å². The maximum atomic E-state index is 13.6. The number of carbonyl (C=O) groups excluding carboxylic acids is 1. The summed E-state index contributed by atoms with van der Waals surface area (Å²) in [6.45, 7) is 3.62. The standard InChI is InChI=1S/C29H23F3N6O.CH3O/c1-18-5-6-21(13-26(18)37-28-34-9-7-25(36-28)22-4-3-8-33-15-22)27(39)12-20-10-23(29(30,31)32)14-24(11-20)38-16-19(2)35-17-38;1-2/h3-11,13-17H,12H2,1-2H3,(H,34,36,37);1H3/q;-1. The number of Topliss-reactive ketones (excluding diaryl/α,β-unsaturated/α-hetero) is 1. The monoisotopic (exact) mass is 559 g/mol. The molecule has 2 aromatic carbocycles. The zero-order chi connectivity index (χ0) is 29.6. The molecule has 0 unspecified atom stereocenters. The van der Waals surface area contributed by atoms with Gasteiger partial charge in [-0.25, -0.2) is 15.0 Å². The van der Waals surface area contributed by atoms with E-state index in [9.17, 15) is 18.0 Å². The topological polar surface area (TPSA) is 109 Å². The van der Waals surface area contributed by atoms with Crippen LogP contribution in [0, 0.1) is 13.8 Å². The Morgan fingerprint density at radius 2 is 1.80 bits per heavy atom. The van der Waals surface area contributed by atoms with Gasteiger partial charge >= 0.3 is 6.18 Å². The summed E-state index contributed by atoms with van der Waals surface area (Å²) in [5, 5.41) is 11.4. The van der Waals surface area contributed by atoms with E-state index in [1.165, 1.54) is 10.9 Å². The molecule has 8 nitrogen and oxygen atoms in total. The SMILES string of the molecule is C[O-].Cc1cn(-c2cc(CC(=O)c3ccc(C)c(Nc4nccc(-c5cccnc5)n4)c3)cc(C(F)(F)F)c2)cn1. The zero-order valence-corrected chi connectivity index (χ0v) is 22.5. The van der Waals surface area contributed by atoms with Crippen molar-refractivity contribution in [3.63, 3.8) is 0 Å². The van der Waals surface area contributed by atoms with Crippen molar-refractivity contribution in [1.29, 1.82) is 0 Å². The normalized spacial score (nSPS) is 11.0. The summed E-state index contributed by atoms with van der Waals surface area (Å²) in [6.07, 6.45) is 3.30. The number of nitrogens with zero attached hydrogens (tertiary/aromatic N) is 5. The first-order valence-electron chi connectivity index (χ1n) is 12.4. The van der Waals surface area contributed by atoms with E-state index in [4.69, 9.17) is 5.11 Å². The molecule has 0 amide bonds. The van der Waals surface area contributed by atoms with Gasteiger partial charge in [-0.3, -0.25) is 9.78 Å². The van der Waals surface area contributed by atoms with Crippen LogP contribution in [0.1, 0.15) is 32.7 Å². The first-order valence-corrected chi connectivity index (χ1v) is 12.4. The minimum Gasteiger partial charge on any atom is -0.857 e. The quantitative estimate of drug-likeness (QED) is 0.262. The molecule has 3 heterocycles. The fourth-order valence-electron chi connectivity index (χ4n) is 4.08. The van der Waals surface area contributed by atoms with Crippen LogP contribution in [0.5, 0.6) is 0 Å². The Hall–Kier alpha value is -4.90. The van der Waals surface area contributed by atoms with Crippen LogP contribution in [-0.4, -0.2) is 37.4 Å². The zero-order valence-electron chi connectivity index (χ0n) is 22.5. The summed E-state index contributed by atoms with van der Waals surface area (Å²) in [7, 11) is 0.750. The van der Waals surface area contributed by atoms with Gasteiger partial charge < -0.3 is 15.0 Å². The number of alkyl halides is 3. The van der Waals surface area contributed by atoms with E-state index in [1.807, 2.05) is 19.1 Å². The van der Waals surface area contributed by atoms with Gasteiger partial charge in [0.05, 0.1) is 23.3 Å². The minimum absolute atomic E-state index is 0.208. The number of nitrogens with one attached hydrogen (secondary N) is 1. The highest BCUT2D eigenvalue weighted by molar-refractivity contribution is 5.98. The third kappa shape index (κ3) is 7.20. The number of imidazole rings is 1. The Bertz CT molecular complexity index is 1650. The molecule has 41 heavy (non-hydrogen) atoms. The van der Waals surface area contributed by atoms with Crippen LogP contribution in [0.3, 0.4) is 0 Å². The van der Waals surface area contributed by atoms with Crippen LogP contribution < -0.4 is 10.4 Å². The summed E-state index contributed by atoms with van der Waals surface area (Å²) < 4.78 is 42.4. The van der Waals surface area contributed by atoms with E-state index in [0.29, 0.717) is 28.6 Å². The molecule has 0 fully saturated rings. The number of rotatable bonds is 7. The second kappa shape index (κ2) is 12.5. The number of aryl methyl sites for hydroxylation is 2. The van der Waals surface area contributed by atoms with Gasteiger partial charge in [0.25, 0.3) is 0 Å². The second-order valence-corrected chi connectivity index (χ2v) is 9.07. The van der Waals surface area contributed by atoms with Crippen LogP contribution in [0.2, 0.25) is 0 Å². The summed E-state index contributed by atoms with van der Waals surface area (Å²) in [4.78, 5) is 30.2. The van der Waals surface area contributed by atoms with Crippen molar-refractivity contribution in [1.82, 2.24) is 24.5 Å². The highest BCUT2D eigenvalue weighted by Gasteiger charge is 2.31. The molecule has 0 aliphatic rings. The number of carbonyl (C=O) groups is 1. The molecule has 0 spiro atoms. The highest BCUT2D eigenvalue weighted by Crippen LogP contribution is 2.32. The van der Waals surface area contributed by atoms with Gasteiger partial charge in [0.2, 0.25) is 5.95 Å². The smallest absolute Gasteiger partial charge is 0.416 e. The maximum absolute atomic E-state index is 13.6. The van der Waals surface area contributed by atoms with Gasteiger partial charge in [0.1, 0.15) is 0 Å². The second-order valence-electron chi connectivity index (χ2n) is 9.07. The molecular formula is C30H26F3N6O2-. The summed E-state index contributed by atoms with van der Waals surface area (Å²) in [5.41, 5.74) is 3.69. The molecule has 0 bridgehead atoms. The van der Waals surface area contributed by atoms with Crippen LogP contribution in [0.25, 0.3) is 16.9 Å². The van der Waals surface area contributed by atoms with Crippen molar-refractivity contribution in [3.8, 4) is 16.9 Å². The highest BCUT2D eigenvalue weighted by atomic mass is 19.4. The molecule has 0 aliphatic carbocycles. The van der Waals surface area contributed by atoms with Crippen molar-refractivity contribution >= 4 is 17.4 Å². The fraction of sp³-hybridized carbons (Fsp3) is 0.167. The molecule has 1 N–H and O–H groups in total. The lowest BCUT2D eigenvalue weighted by Crippen LogP contribution is -2.10. The van der Waals surface area contributed by atoms with Crippen molar-refractivity contribution < 1.29 is 23.1 Å². The Balaban J connectivity index is 0.00000189. The fourth-order valence-corrected chi connectivity index (χ4v) is 4.08. The van der Waals surface area contributed by atoms with E-state index >= 15 is 0 Å². The van der Waals surface area contributed by atoms with Crippen molar-refractivity contribution in [3.05, 3.63) is 114 Å². The Morgan fingerprint density at radius 3 is 2.49 bits per heavy atom. The number of ketones is 1. The van der Waals surface area contributed by atoms with Gasteiger partial charge in [-0.1, -0.05) is 12.1 Å². The largest absolute Gasteiger partial charge is 0.857 e. The first-order chi connectivity index (χ1) is 19.7. The molecule has 5 rings (SSSR count). The van der Waals surface area contributed by atoms with Gasteiger partial charge in [-0.2, -0.15) is 20.3 Å². The van der Waals surface area contributed by atoms with E-state index in [2.05, 4.69) is 25.3 Å². The lowest BCUT2D eigenvalue weighted by Gasteiger charge is -2.13. The van der Waals surface area contributed by atoms with E-state index < -0.39 is 11.7 Å². The number of hydrogen-bond acceptors (Lipinski definition) is 7. The molecule has 210 valence electrons. The van der Waals surface area contributed by atoms with E-state index in [0.717, 1.165) is 30.4 Å². The van der Waals surface area contributed by atoms with E-state index in [-0.39, 0.29) is 23.5 Å². The first kappa shape index (κ1) is 29.1. The van der Waals surface area contributed by atoms with Crippen molar-refractivity contribution in [2.75, 3.05) is 12.4 Å². The lowest BCUT2D eigenvalue weighted by atomic mass is 9.99. The van der Waals surface area contributed by atoms with Crippen molar-refractivity contribution in [2.45, 2.75) is 26.4 Å². The van der Waals surface area contributed by atoms with Crippen molar-refractivity contribution in [2.24, 2.45) is 0 Å². The molecule has 0 aliphatic heterocycles. The van der Waals surface area contributed by atoms with Gasteiger partial charge in [0, 0.05) is 53.7 Å². The Labute approximate surface area is 234 Å². The molecule has 0 saturated heterocycles. The summed E-state index contributed by atoms with van der Waals surface area (Å²) >= 11 is 0. The lowest BCUT2D eigenvalue weighted by molar-refractivity contribution is -0.325. The Kier molecular flexibility index (Phi) is 8.88. The number of halogens is 3. The third-order valence-corrected chi connectivity index (χ3v) is 6.10. The number of aromatic nitrogens is 5. The third-order valence-electron chi connectivity index (χ3n) is 6.10. The number of benzene rings is 2. The molecule has 0 saturated carbocycles. The number of anilines is 2. The van der Waals surface area contributed by atoms with Gasteiger partial charge in [0.15, 0.2) is 5.78 Å². The molecule has 3 aromatic heterocycles. The molecule has 0 atom stereocenters. The van der Waals surface area contributed by atoms with Gasteiger partial charge in [-0.05, 0) is 67.4 Å². The van der Waals surface area contributed by atoms with E-state index in [1.54, 1.807) is 62.0 Å². The average Bonchev–Trinajstić information content (AvgIpc) is 3.41.